The van der Waals surface area contributed by atoms with Gasteiger partial charge in [-0.25, -0.2) is 4.39 Å². The van der Waals surface area contributed by atoms with Gasteiger partial charge in [0.25, 0.3) is 5.89 Å². The van der Waals surface area contributed by atoms with Crippen LogP contribution in [0.2, 0.25) is 0 Å². The highest BCUT2D eigenvalue weighted by Gasteiger charge is 2.34. The molecule has 1 aliphatic rings. The van der Waals surface area contributed by atoms with Crippen LogP contribution in [-0.2, 0) is 6.42 Å². The van der Waals surface area contributed by atoms with Gasteiger partial charge in [-0.1, -0.05) is 53.7 Å². The molecule has 4 aromatic rings. The molecule has 0 bridgehead atoms. The van der Waals surface area contributed by atoms with Crippen molar-refractivity contribution in [2.24, 2.45) is 0 Å². The van der Waals surface area contributed by atoms with Crippen LogP contribution in [0.4, 0.5) is 4.39 Å². The number of aryl methyl sites for hydroxylation is 1. The third kappa shape index (κ3) is 4.64. The molecule has 0 saturated carbocycles. The van der Waals surface area contributed by atoms with Crippen LogP contribution in [0.3, 0.4) is 0 Å². The van der Waals surface area contributed by atoms with Gasteiger partial charge in [-0.15, -0.1) is 11.3 Å². The summed E-state index contributed by atoms with van der Waals surface area (Å²) in [6, 6.07) is 20.4. The van der Waals surface area contributed by atoms with E-state index >= 15 is 0 Å². The molecular formula is C26H23FN4OS2. The van der Waals surface area contributed by atoms with E-state index in [9.17, 15) is 4.39 Å². The summed E-state index contributed by atoms with van der Waals surface area (Å²) in [6.45, 7) is 2.74. The third-order valence-electron chi connectivity index (χ3n) is 5.87. The minimum absolute atomic E-state index is 0.308. The molecule has 0 saturated heterocycles. The van der Waals surface area contributed by atoms with Gasteiger partial charge >= 0.3 is 0 Å². The maximum Gasteiger partial charge on any atom is 0.258 e. The van der Waals surface area contributed by atoms with Crippen molar-refractivity contribution in [2.45, 2.75) is 25.8 Å². The first-order chi connectivity index (χ1) is 16.6. The topological polar surface area (TPSA) is 54.2 Å². The average Bonchev–Trinajstić information content (AvgIpc) is 3.54. The lowest BCUT2D eigenvalue weighted by molar-refractivity contribution is 0.396. The van der Waals surface area contributed by atoms with Crippen molar-refractivity contribution in [1.29, 1.82) is 0 Å². The van der Waals surface area contributed by atoms with Crippen LogP contribution in [0.1, 0.15) is 36.4 Å². The highest BCUT2D eigenvalue weighted by Crippen LogP contribution is 2.38. The first kappa shape index (κ1) is 22.4. The van der Waals surface area contributed by atoms with Crippen LogP contribution in [0.15, 0.2) is 82.3 Å². The van der Waals surface area contributed by atoms with Gasteiger partial charge in [-0.3, -0.25) is 0 Å². The molecule has 5 rings (SSSR count). The third-order valence-corrected chi connectivity index (χ3v) is 7.07. The number of halogens is 1. The van der Waals surface area contributed by atoms with Gasteiger partial charge in [0, 0.05) is 12.2 Å². The molecule has 0 spiro atoms. The van der Waals surface area contributed by atoms with Crippen LogP contribution in [0.25, 0.3) is 16.3 Å². The monoisotopic (exact) mass is 490 g/mol. The average molecular weight is 491 g/mol. The Morgan fingerprint density at radius 1 is 1.12 bits per heavy atom. The van der Waals surface area contributed by atoms with Crippen molar-refractivity contribution in [3.05, 3.63) is 101 Å². The predicted octanol–water partition coefficient (Wildman–Crippen LogP) is 6.23. The number of thiocarbonyl (C=S) groups is 1. The van der Waals surface area contributed by atoms with E-state index in [4.69, 9.17) is 16.7 Å². The molecule has 0 amide bonds. The first-order valence-electron chi connectivity index (χ1n) is 11.1. The molecule has 2 aromatic heterocycles. The van der Waals surface area contributed by atoms with E-state index in [0.29, 0.717) is 16.8 Å². The molecule has 5 nitrogen and oxygen atoms in total. The quantitative estimate of drug-likeness (QED) is 0.310. The summed E-state index contributed by atoms with van der Waals surface area (Å²) in [5.74, 6) is 0.627. The Morgan fingerprint density at radius 3 is 2.74 bits per heavy atom. The zero-order chi connectivity index (χ0) is 23.5. The Balaban J connectivity index is 1.49. The van der Waals surface area contributed by atoms with E-state index in [1.165, 1.54) is 17.7 Å². The summed E-state index contributed by atoms with van der Waals surface area (Å²) in [7, 11) is 0. The van der Waals surface area contributed by atoms with Gasteiger partial charge in [0.1, 0.15) is 5.82 Å². The number of benzene rings is 2. The molecule has 172 valence electrons. The maximum atomic E-state index is 14.1. The number of thiophene rings is 1. The standard InChI is InChI=1S/C26H23FN4OS2/c1-17-22(25-29-24(30-32-25)21-13-7-15-34-21)23(19-11-5-12-20(27)16-19)28-26(33)31(17)14-6-10-18-8-3-2-4-9-18/h2-5,7-9,11-13,15-16,23H,6,10,14H2,1H3,(H,28,33). The first-order valence-corrected chi connectivity index (χ1v) is 12.3. The summed E-state index contributed by atoms with van der Waals surface area (Å²) in [4.78, 5) is 7.68. The van der Waals surface area contributed by atoms with Crippen molar-refractivity contribution < 1.29 is 8.91 Å². The summed E-state index contributed by atoms with van der Waals surface area (Å²) >= 11 is 7.29. The van der Waals surface area contributed by atoms with Crippen molar-refractivity contribution in [3.63, 3.8) is 0 Å². The normalized spacial score (nSPS) is 16.1. The molecule has 3 heterocycles. The molecule has 0 fully saturated rings. The molecule has 1 unspecified atom stereocenters. The molecular weight excluding hydrogens is 467 g/mol. The van der Waals surface area contributed by atoms with Crippen molar-refractivity contribution in [3.8, 4) is 10.7 Å². The van der Waals surface area contributed by atoms with E-state index in [1.807, 2.05) is 36.6 Å². The Kier molecular flexibility index (Phi) is 6.51. The molecule has 8 heteroatoms. The van der Waals surface area contributed by atoms with E-state index in [2.05, 4.69) is 44.6 Å². The lowest BCUT2D eigenvalue weighted by Crippen LogP contribution is -2.46. The Bertz CT molecular complexity index is 1320. The minimum atomic E-state index is -0.398. The number of allylic oxidation sites excluding steroid dienone is 1. The Hall–Kier alpha value is -3.36. The van der Waals surface area contributed by atoms with Crippen LogP contribution in [0.5, 0.6) is 0 Å². The smallest absolute Gasteiger partial charge is 0.258 e. The molecule has 2 aromatic carbocycles. The van der Waals surface area contributed by atoms with Crippen molar-refractivity contribution in [1.82, 2.24) is 20.4 Å². The molecule has 0 radical (unpaired) electrons. The fourth-order valence-electron chi connectivity index (χ4n) is 4.19. The van der Waals surface area contributed by atoms with Gasteiger partial charge < -0.3 is 14.7 Å². The SMILES string of the molecule is CC1=C(c2nc(-c3cccs3)no2)C(c2cccc(F)c2)NC(=S)N1CCCc1ccccc1. The van der Waals surface area contributed by atoms with Crippen LogP contribution in [-0.4, -0.2) is 26.7 Å². The lowest BCUT2D eigenvalue weighted by Gasteiger charge is -2.37. The highest BCUT2D eigenvalue weighted by molar-refractivity contribution is 7.80. The van der Waals surface area contributed by atoms with E-state index in [0.717, 1.165) is 41.1 Å². The number of nitrogens with one attached hydrogen (secondary N) is 1. The van der Waals surface area contributed by atoms with Crippen LogP contribution >= 0.6 is 23.6 Å². The molecule has 0 aliphatic carbocycles. The number of nitrogens with zero attached hydrogens (tertiary/aromatic N) is 3. The second-order valence-electron chi connectivity index (χ2n) is 8.08. The summed E-state index contributed by atoms with van der Waals surface area (Å²) < 4.78 is 19.8. The molecule has 1 N–H and O–H groups in total. The van der Waals surface area contributed by atoms with Gasteiger partial charge in [0.05, 0.1) is 16.5 Å². The fourth-order valence-corrected chi connectivity index (χ4v) is 5.18. The summed E-state index contributed by atoms with van der Waals surface area (Å²) in [6.07, 6.45) is 1.87. The largest absolute Gasteiger partial charge is 0.351 e. The van der Waals surface area contributed by atoms with Crippen LogP contribution in [0, 0.1) is 5.82 Å². The van der Waals surface area contributed by atoms with Gasteiger partial charge in [0.15, 0.2) is 5.11 Å². The predicted molar refractivity (Wildman–Crippen MR) is 137 cm³/mol. The summed E-state index contributed by atoms with van der Waals surface area (Å²) in [5.41, 5.74) is 3.76. The van der Waals surface area contributed by atoms with Crippen molar-refractivity contribution >= 4 is 34.2 Å². The second-order valence-corrected chi connectivity index (χ2v) is 9.41. The van der Waals surface area contributed by atoms with Gasteiger partial charge in [-0.05, 0) is 66.7 Å². The van der Waals surface area contributed by atoms with Crippen LogP contribution < -0.4 is 5.32 Å². The molecule has 1 aliphatic heterocycles. The Morgan fingerprint density at radius 2 is 1.97 bits per heavy atom. The molecule has 34 heavy (non-hydrogen) atoms. The van der Waals surface area contributed by atoms with E-state index in [1.54, 1.807) is 17.4 Å². The fraction of sp³-hybridized carbons (Fsp3) is 0.192. The second kappa shape index (κ2) is 9.87. The lowest BCUT2D eigenvalue weighted by atomic mass is 9.94. The highest BCUT2D eigenvalue weighted by atomic mass is 32.1. The van der Waals surface area contributed by atoms with E-state index < -0.39 is 6.04 Å². The van der Waals surface area contributed by atoms with E-state index in [-0.39, 0.29) is 5.82 Å². The Labute approximate surface area is 206 Å². The van der Waals surface area contributed by atoms with Gasteiger partial charge in [0.2, 0.25) is 5.82 Å². The minimum Gasteiger partial charge on any atom is -0.351 e. The number of hydrogen-bond acceptors (Lipinski definition) is 5. The number of rotatable bonds is 7. The zero-order valence-electron chi connectivity index (χ0n) is 18.6. The summed E-state index contributed by atoms with van der Waals surface area (Å²) in [5, 5.41) is 10.2. The van der Waals surface area contributed by atoms with Crippen molar-refractivity contribution in [2.75, 3.05) is 6.54 Å². The maximum absolute atomic E-state index is 14.1. The number of aromatic nitrogens is 2. The molecule has 1 atom stereocenters. The number of hydrogen-bond donors (Lipinski definition) is 1. The zero-order valence-corrected chi connectivity index (χ0v) is 20.2. The van der Waals surface area contributed by atoms with Gasteiger partial charge in [-0.2, -0.15) is 4.98 Å².